The number of fused-ring (bicyclic) bond motifs is 8. The van der Waals surface area contributed by atoms with E-state index < -0.39 is 0 Å². The Hall–Kier alpha value is -5.02. The molecule has 2 aromatic heterocycles. The Kier molecular flexibility index (Phi) is 4.86. The lowest BCUT2D eigenvalue weighted by molar-refractivity contribution is 0.567. The van der Waals surface area contributed by atoms with E-state index in [1.807, 2.05) is 6.07 Å². The monoisotopic (exact) mass is 553 g/mol. The highest BCUT2D eigenvalue weighted by Gasteiger charge is 2.41. The van der Waals surface area contributed by atoms with Gasteiger partial charge in [-0.3, -0.25) is 4.57 Å². The van der Waals surface area contributed by atoms with Crippen LogP contribution in [0.2, 0.25) is 0 Å². The number of allylic oxidation sites excluding steroid dienone is 4. The van der Waals surface area contributed by atoms with Crippen LogP contribution in [0.15, 0.2) is 115 Å². The van der Waals surface area contributed by atoms with Crippen LogP contribution in [0, 0.1) is 5.41 Å². The average Bonchev–Trinajstić information content (AvgIpc) is 3.45. The second-order valence-corrected chi connectivity index (χ2v) is 12.9. The van der Waals surface area contributed by atoms with Crippen molar-refractivity contribution in [3.8, 4) is 28.5 Å². The van der Waals surface area contributed by atoms with Crippen LogP contribution < -0.4 is 10.6 Å². The van der Waals surface area contributed by atoms with Crippen molar-refractivity contribution in [2.24, 2.45) is 5.41 Å². The molecule has 3 aliphatic carbocycles. The van der Waals surface area contributed by atoms with E-state index in [4.69, 9.17) is 9.97 Å². The van der Waals surface area contributed by atoms with Crippen molar-refractivity contribution in [2.45, 2.75) is 32.6 Å². The van der Waals surface area contributed by atoms with Crippen LogP contribution in [0.1, 0.15) is 38.3 Å². The Labute approximate surface area is 250 Å². The van der Waals surface area contributed by atoms with Crippen molar-refractivity contribution >= 4 is 33.8 Å². The lowest BCUT2D eigenvalue weighted by atomic mass is 9.74. The van der Waals surface area contributed by atoms with Gasteiger partial charge in [0, 0.05) is 38.1 Å². The minimum atomic E-state index is -0.266. The molecule has 0 bridgehead atoms. The molecule has 0 N–H and O–H groups in total. The maximum absolute atomic E-state index is 5.49. The van der Waals surface area contributed by atoms with Gasteiger partial charge in [0.25, 0.3) is 0 Å². The van der Waals surface area contributed by atoms with Gasteiger partial charge in [0.2, 0.25) is 0 Å². The smallest absolute Gasteiger partial charge is 0.162 e. The third-order valence-corrected chi connectivity index (χ3v) is 9.89. The summed E-state index contributed by atoms with van der Waals surface area (Å²) in [5.41, 5.74) is 7.93. The van der Waals surface area contributed by atoms with E-state index in [-0.39, 0.29) is 10.8 Å². The van der Waals surface area contributed by atoms with E-state index in [0.29, 0.717) is 0 Å². The molecule has 0 spiro atoms. The number of nitrogens with zero attached hydrogens (tertiary/aromatic N) is 3. The van der Waals surface area contributed by atoms with Crippen LogP contribution in [-0.2, 0) is 5.41 Å². The summed E-state index contributed by atoms with van der Waals surface area (Å²) < 4.78 is 2.45. The quantitative estimate of drug-likeness (QED) is 0.217. The van der Waals surface area contributed by atoms with Gasteiger partial charge in [-0.15, -0.1) is 0 Å². The first-order valence-electron chi connectivity index (χ1n) is 15.2. The van der Waals surface area contributed by atoms with Crippen molar-refractivity contribution in [1.29, 1.82) is 0 Å². The highest BCUT2D eigenvalue weighted by atomic mass is 15.1. The SMILES string of the molecule is CC12C=c3c(c4cc5ccccc5cc4n3-c3nc(-c4ccccc4)nc4c3C(C)(C)c3ccccc3-4)=CC1=CC=CC2. The molecule has 3 nitrogen and oxygen atoms in total. The molecule has 206 valence electrons. The van der Waals surface area contributed by atoms with E-state index in [2.05, 4.69) is 141 Å². The number of rotatable bonds is 2. The number of hydrogen-bond acceptors (Lipinski definition) is 2. The molecule has 0 aliphatic heterocycles. The molecule has 0 radical (unpaired) electrons. The zero-order chi connectivity index (χ0) is 28.9. The predicted octanol–water partition coefficient (Wildman–Crippen LogP) is 8.01. The number of benzene rings is 4. The first kappa shape index (κ1) is 24.6. The normalized spacial score (nSPS) is 19.2. The fourth-order valence-corrected chi connectivity index (χ4v) is 7.61. The molecule has 0 saturated heterocycles. The summed E-state index contributed by atoms with van der Waals surface area (Å²) in [6.07, 6.45) is 12.7. The second kappa shape index (κ2) is 8.52. The highest BCUT2D eigenvalue weighted by Crippen LogP contribution is 2.50. The summed E-state index contributed by atoms with van der Waals surface area (Å²) in [5.74, 6) is 1.73. The lowest BCUT2D eigenvalue weighted by Crippen LogP contribution is -2.38. The Morgan fingerprint density at radius 3 is 2.37 bits per heavy atom. The van der Waals surface area contributed by atoms with Gasteiger partial charge in [-0.1, -0.05) is 118 Å². The molecular formula is C40H31N3. The average molecular weight is 554 g/mol. The van der Waals surface area contributed by atoms with Gasteiger partial charge >= 0.3 is 0 Å². The molecule has 1 unspecified atom stereocenters. The molecule has 43 heavy (non-hydrogen) atoms. The molecule has 6 aromatic rings. The van der Waals surface area contributed by atoms with Crippen molar-refractivity contribution in [1.82, 2.24) is 14.5 Å². The summed E-state index contributed by atoms with van der Waals surface area (Å²) in [6.45, 7) is 7.01. The first-order chi connectivity index (χ1) is 20.9. The number of hydrogen-bond donors (Lipinski definition) is 0. The standard InChI is InChI=1S/C40H31N3/c1-39(2)32-19-10-9-18-29(32)36-35(39)38(42-37(41-36)25-13-5-4-6-14-25)43-33-22-27-16-8-7-15-26(27)21-30(33)31-23-28-17-11-12-20-40(28,3)24-34(31)43/h4-19,21-24H,20H2,1-3H3. The first-order valence-corrected chi connectivity index (χ1v) is 15.2. The van der Waals surface area contributed by atoms with E-state index in [1.54, 1.807) is 0 Å². The van der Waals surface area contributed by atoms with Gasteiger partial charge in [-0.25, -0.2) is 9.97 Å². The van der Waals surface area contributed by atoms with E-state index in [9.17, 15) is 0 Å². The second-order valence-electron chi connectivity index (χ2n) is 12.9. The summed E-state index contributed by atoms with van der Waals surface area (Å²) in [4.78, 5) is 10.8. The van der Waals surface area contributed by atoms with Crippen LogP contribution in [-0.4, -0.2) is 14.5 Å². The van der Waals surface area contributed by atoms with Crippen molar-refractivity contribution in [3.63, 3.8) is 0 Å². The molecular weight excluding hydrogens is 522 g/mol. The van der Waals surface area contributed by atoms with Crippen molar-refractivity contribution in [3.05, 3.63) is 136 Å². The zero-order valence-electron chi connectivity index (χ0n) is 24.6. The Balaban J connectivity index is 1.49. The maximum atomic E-state index is 5.49. The fourth-order valence-electron chi connectivity index (χ4n) is 7.61. The third-order valence-electron chi connectivity index (χ3n) is 9.89. The van der Waals surface area contributed by atoms with Gasteiger partial charge in [-0.2, -0.15) is 0 Å². The van der Waals surface area contributed by atoms with Crippen LogP contribution in [0.4, 0.5) is 0 Å². The minimum absolute atomic E-state index is 0.0791. The molecule has 0 saturated carbocycles. The highest BCUT2D eigenvalue weighted by molar-refractivity contribution is 5.99. The third kappa shape index (κ3) is 3.36. The number of aromatic nitrogens is 3. The fraction of sp³-hybridized carbons (Fsp3) is 0.150. The van der Waals surface area contributed by atoms with E-state index in [0.717, 1.165) is 29.3 Å². The van der Waals surface area contributed by atoms with Gasteiger partial charge in [0.15, 0.2) is 5.82 Å². The van der Waals surface area contributed by atoms with Gasteiger partial charge < -0.3 is 0 Å². The Bertz CT molecular complexity index is 2350. The molecule has 4 aromatic carbocycles. The lowest BCUT2D eigenvalue weighted by Gasteiger charge is -2.31. The summed E-state index contributed by atoms with van der Waals surface area (Å²) in [7, 11) is 0. The zero-order valence-corrected chi connectivity index (χ0v) is 24.6. The predicted molar refractivity (Wildman–Crippen MR) is 177 cm³/mol. The van der Waals surface area contributed by atoms with E-state index in [1.165, 1.54) is 54.5 Å². The largest absolute Gasteiger partial charge is 0.294 e. The van der Waals surface area contributed by atoms with Gasteiger partial charge in [0.1, 0.15) is 5.82 Å². The van der Waals surface area contributed by atoms with E-state index >= 15 is 0 Å². The summed E-state index contributed by atoms with van der Waals surface area (Å²) in [6, 6.07) is 32.6. The van der Waals surface area contributed by atoms with Crippen LogP contribution >= 0.6 is 0 Å². The minimum Gasteiger partial charge on any atom is -0.294 e. The van der Waals surface area contributed by atoms with Gasteiger partial charge in [-0.05, 0) is 52.6 Å². The molecule has 0 fully saturated rings. The van der Waals surface area contributed by atoms with Crippen LogP contribution in [0.5, 0.6) is 0 Å². The van der Waals surface area contributed by atoms with Crippen LogP contribution in [0.25, 0.3) is 62.3 Å². The summed E-state index contributed by atoms with van der Waals surface area (Å²) >= 11 is 0. The molecule has 2 heterocycles. The molecule has 3 aliphatic rings. The molecule has 9 rings (SSSR count). The maximum Gasteiger partial charge on any atom is 0.162 e. The summed E-state index contributed by atoms with van der Waals surface area (Å²) in [5, 5.41) is 6.21. The van der Waals surface area contributed by atoms with Gasteiger partial charge in [0.05, 0.1) is 16.6 Å². The van der Waals surface area contributed by atoms with Crippen molar-refractivity contribution < 1.29 is 0 Å². The topological polar surface area (TPSA) is 30.7 Å². The molecule has 1 atom stereocenters. The Morgan fingerprint density at radius 2 is 1.53 bits per heavy atom. The van der Waals surface area contributed by atoms with Crippen molar-refractivity contribution in [2.75, 3.05) is 0 Å². The molecule has 0 amide bonds. The van der Waals surface area contributed by atoms with Crippen LogP contribution in [0.3, 0.4) is 0 Å². The molecule has 3 heteroatoms. The Morgan fingerprint density at radius 1 is 0.791 bits per heavy atom.